The second kappa shape index (κ2) is 5.83. The number of aliphatic carboxylic acids is 1. The molecule has 0 aliphatic carbocycles. The van der Waals surface area contributed by atoms with Crippen molar-refractivity contribution in [2.45, 2.75) is 58.3 Å². The zero-order valence-electron chi connectivity index (χ0n) is 12.5. The molecule has 0 radical (unpaired) electrons. The van der Waals surface area contributed by atoms with Crippen LogP contribution in [0.3, 0.4) is 0 Å². The van der Waals surface area contributed by atoms with Gasteiger partial charge in [-0.05, 0) is 40.5 Å². The number of carboxylic acid groups (broad SMARTS) is 1. The fraction of sp³-hybridized carbons (Fsp3) is 0.714. The molecule has 1 amide bonds. The third-order valence-corrected chi connectivity index (χ3v) is 3.78. The Morgan fingerprint density at radius 2 is 2.00 bits per heavy atom. The van der Waals surface area contributed by atoms with Gasteiger partial charge in [-0.15, -0.1) is 0 Å². The van der Waals surface area contributed by atoms with Crippen LogP contribution in [0.4, 0.5) is 4.79 Å². The first-order valence-electron chi connectivity index (χ1n) is 6.68. The van der Waals surface area contributed by atoms with Crippen molar-refractivity contribution in [1.82, 2.24) is 4.90 Å². The second-order valence-corrected chi connectivity index (χ2v) is 5.74. The summed E-state index contributed by atoms with van der Waals surface area (Å²) in [5.41, 5.74) is -1.41. The molecule has 0 spiro atoms. The van der Waals surface area contributed by atoms with E-state index in [1.807, 2.05) is 19.9 Å². The molecule has 0 aromatic carbocycles. The summed E-state index contributed by atoms with van der Waals surface area (Å²) in [5, 5.41) is 19.3. The fourth-order valence-corrected chi connectivity index (χ4v) is 2.25. The highest BCUT2D eigenvalue weighted by Gasteiger charge is 2.58. The van der Waals surface area contributed by atoms with E-state index >= 15 is 0 Å². The summed E-state index contributed by atoms with van der Waals surface area (Å²) in [6.45, 7) is 7.03. The molecule has 6 nitrogen and oxygen atoms in total. The molecular weight excluding hydrogens is 262 g/mol. The number of carbonyl (C=O) groups excluding carboxylic acids is 1. The quantitative estimate of drug-likeness (QED) is 0.730. The molecule has 1 heterocycles. The van der Waals surface area contributed by atoms with Gasteiger partial charge in [0.1, 0.15) is 0 Å². The van der Waals surface area contributed by atoms with Crippen molar-refractivity contribution in [2.75, 3.05) is 6.54 Å². The minimum Gasteiger partial charge on any atom is -0.481 e. The third kappa shape index (κ3) is 3.30. The lowest BCUT2D eigenvalue weighted by molar-refractivity contribution is -0.145. The summed E-state index contributed by atoms with van der Waals surface area (Å²) in [6, 6.07) is 0. The molecule has 6 heteroatoms. The fourth-order valence-electron chi connectivity index (χ4n) is 2.25. The van der Waals surface area contributed by atoms with Crippen molar-refractivity contribution in [1.29, 1.82) is 0 Å². The van der Waals surface area contributed by atoms with E-state index in [1.54, 1.807) is 6.92 Å². The third-order valence-electron chi connectivity index (χ3n) is 3.78. The normalized spacial score (nSPS) is 29.2. The van der Waals surface area contributed by atoms with E-state index < -0.39 is 23.4 Å². The number of hydrogen-bond donors (Lipinski definition) is 2. The highest BCUT2D eigenvalue weighted by molar-refractivity contribution is 5.73. The summed E-state index contributed by atoms with van der Waals surface area (Å²) in [6.07, 6.45) is 2.26. The standard InChI is InChI=1S/C14H23NO5/c1-10(2)6-5-8-13(3)14(4,19)15(12(18)20-13)9-7-11(16)17/h6,19H,5,7-9H2,1-4H3,(H,16,17)/t13-,14-/m0/s1. The average molecular weight is 285 g/mol. The molecule has 0 unspecified atom stereocenters. The Bertz CT molecular complexity index is 425. The topological polar surface area (TPSA) is 87.1 Å². The summed E-state index contributed by atoms with van der Waals surface area (Å²) in [5.74, 6) is -1.02. The van der Waals surface area contributed by atoms with Gasteiger partial charge in [0.25, 0.3) is 0 Å². The van der Waals surface area contributed by atoms with Crippen molar-refractivity contribution < 1.29 is 24.5 Å². The Labute approximate surface area is 119 Å². The Morgan fingerprint density at radius 3 is 2.50 bits per heavy atom. The van der Waals surface area contributed by atoms with Crippen LogP contribution in [0.2, 0.25) is 0 Å². The van der Waals surface area contributed by atoms with Crippen LogP contribution in [0.5, 0.6) is 0 Å². The van der Waals surface area contributed by atoms with Gasteiger partial charge >= 0.3 is 12.1 Å². The number of carboxylic acids is 1. The number of ether oxygens (including phenoxy) is 1. The monoisotopic (exact) mass is 285 g/mol. The van der Waals surface area contributed by atoms with Gasteiger partial charge in [-0.2, -0.15) is 0 Å². The predicted molar refractivity (Wildman–Crippen MR) is 73.1 cm³/mol. The lowest BCUT2D eigenvalue weighted by Crippen LogP contribution is -2.55. The number of rotatable bonds is 6. The SMILES string of the molecule is CC(C)=CCC[C@]1(C)OC(=O)N(CCC(=O)O)[C@@]1(C)O. The largest absolute Gasteiger partial charge is 0.481 e. The molecule has 0 saturated carbocycles. The first kappa shape index (κ1) is 16.5. The molecule has 1 rings (SSSR count). The van der Waals surface area contributed by atoms with Crippen LogP contribution in [0.15, 0.2) is 11.6 Å². The van der Waals surface area contributed by atoms with E-state index in [0.29, 0.717) is 12.8 Å². The predicted octanol–water partition coefficient (Wildman–Crippen LogP) is 2.13. The summed E-state index contributed by atoms with van der Waals surface area (Å²) in [7, 11) is 0. The van der Waals surface area contributed by atoms with Crippen LogP contribution in [0.1, 0.15) is 47.0 Å². The summed E-state index contributed by atoms with van der Waals surface area (Å²) in [4.78, 5) is 23.6. The Morgan fingerprint density at radius 1 is 1.40 bits per heavy atom. The maximum atomic E-state index is 11.9. The Hall–Kier alpha value is -1.56. The summed E-state index contributed by atoms with van der Waals surface area (Å²) >= 11 is 0. The van der Waals surface area contributed by atoms with Gasteiger partial charge in [0.05, 0.1) is 6.42 Å². The molecule has 114 valence electrons. The molecule has 1 saturated heterocycles. The number of cyclic esters (lactones) is 1. The molecule has 20 heavy (non-hydrogen) atoms. The number of amides is 1. The number of carbonyl (C=O) groups is 2. The minimum absolute atomic E-state index is 0.0700. The smallest absolute Gasteiger partial charge is 0.412 e. The second-order valence-electron chi connectivity index (χ2n) is 5.74. The molecule has 2 N–H and O–H groups in total. The lowest BCUT2D eigenvalue weighted by Gasteiger charge is -2.37. The van der Waals surface area contributed by atoms with E-state index in [2.05, 4.69) is 0 Å². The van der Waals surface area contributed by atoms with Crippen molar-refractivity contribution in [2.24, 2.45) is 0 Å². The van der Waals surface area contributed by atoms with E-state index in [1.165, 1.54) is 6.92 Å². The van der Waals surface area contributed by atoms with Gasteiger partial charge in [-0.3, -0.25) is 9.69 Å². The van der Waals surface area contributed by atoms with Gasteiger partial charge in [0.2, 0.25) is 0 Å². The molecule has 0 aromatic rings. The van der Waals surface area contributed by atoms with Gasteiger partial charge < -0.3 is 14.9 Å². The van der Waals surface area contributed by atoms with Crippen LogP contribution < -0.4 is 0 Å². The van der Waals surface area contributed by atoms with Crippen LogP contribution in [0, 0.1) is 0 Å². The highest BCUT2D eigenvalue weighted by atomic mass is 16.6. The molecule has 1 aliphatic rings. The van der Waals surface area contributed by atoms with Crippen LogP contribution in [-0.2, 0) is 9.53 Å². The molecular formula is C14H23NO5. The number of nitrogens with zero attached hydrogens (tertiary/aromatic N) is 1. The van der Waals surface area contributed by atoms with Crippen molar-refractivity contribution in [3.8, 4) is 0 Å². The van der Waals surface area contributed by atoms with Gasteiger partial charge in [-0.1, -0.05) is 11.6 Å². The molecule has 2 atom stereocenters. The van der Waals surface area contributed by atoms with Crippen molar-refractivity contribution >= 4 is 12.1 Å². The molecule has 0 bridgehead atoms. The maximum absolute atomic E-state index is 11.9. The van der Waals surface area contributed by atoms with Gasteiger partial charge in [-0.25, -0.2) is 4.79 Å². The number of aliphatic hydroxyl groups is 1. The number of allylic oxidation sites excluding steroid dienone is 2. The van der Waals surface area contributed by atoms with E-state index in [4.69, 9.17) is 9.84 Å². The number of hydrogen-bond acceptors (Lipinski definition) is 4. The highest BCUT2D eigenvalue weighted by Crippen LogP contribution is 2.40. The molecule has 1 fully saturated rings. The first-order chi connectivity index (χ1) is 9.10. The van der Waals surface area contributed by atoms with Crippen molar-refractivity contribution in [3.63, 3.8) is 0 Å². The Balaban J connectivity index is 2.81. The van der Waals surface area contributed by atoms with Crippen LogP contribution in [0.25, 0.3) is 0 Å². The van der Waals surface area contributed by atoms with Crippen LogP contribution in [-0.4, -0.2) is 45.0 Å². The first-order valence-corrected chi connectivity index (χ1v) is 6.68. The minimum atomic E-state index is -1.52. The molecule has 1 aliphatic heterocycles. The van der Waals surface area contributed by atoms with E-state index in [9.17, 15) is 14.7 Å². The maximum Gasteiger partial charge on any atom is 0.412 e. The zero-order valence-corrected chi connectivity index (χ0v) is 12.5. The average Bonchev–Trinajstić information content (AvgIpc) is 2.42. The molecule has 0 aromatic heterocycles. The van der Waals surface area contributed by atoms with Crippen LogP contribution >= 0.6 is 0 Å². The van der Waals surface area contributed by atoms with Crippen molar-refractivity contribution in [3.05, 3.63) is 11.6 Å². The van der Waals surface area contributed by atoms with Gasteiger partial charge in [0, 0.05) is 6.54 Å². The van der Waals surface area contributed by atoms with Gasteiger partial charge in [0.15, 0.2) is 11.3 Å². The van der Waals surface area contributed by atoms with E-state index in [0.717, 1.165) is 10.5 Å². The lowest BCUT2D eigenvalue weighted by atomic mass is 9.88. The zero-order chi connectivity index (χ0) is 15.6. The Kier molecular flexibility index (Phi) is 4.81. The van der Waals surface area contributed by atoms with E-state index in [-0.39, 0.29) is 13.0 Å². The summed E-state index contributed by atoms with van der Waals surface area (Å²) < 4.78 is 5.31.